The van der Waals surface area contributed by atoms with E-state index in [9.17, 15) is 0 Å². The zero-order valence-corrected chi connectivity index (χ0v) is 12.6. The van der Waals surface area contributed by atoms with E-state index in [2.05, 4.69) is 43.4 Å². The Morgan fingerprint density at radius 1 is 1.11 bits per heavy atom. The summed E-state index contributed by atoms with van der Waals surface area (Å²) >= 11 is 1.88. The van der Waals surface area contributed by atoms with Crippen LogP contribution in [0.15, 0.2) is 36.4 Å². The minimum atomic E-state index is 0.336. The van der Waals surface area contributed by atoms with E-state index in [0.717, 1.165) is 17.9 Å². The van der Waals surface area contributed by atoms with E-state index in [-0.39, 0.29) is 0 Å². The lowest BCUT2D eigenvalue weighted by Gasteiger charge is -2.14. The van der Waals surface area contributed by atoms with Crippen molar-refractivity contribution in [2.45, 2.75) is 33.2 Å². The molecule has 0 aliphatic carbocycles. The van der Waals surface area contributed by atoms with Gasteiger partial charge in [-0.1, -0.05) is 6.92 Å². The first kappa shape index (κ1) is 13.9. The third kappa shape index (κ3) is 3.74. The van der Waals surface area contributed by atoms with Crippen molar-refractivity contribution < 1.29 is 4.74 Å². The van der Waals surface area contributed by atoms with E-state index in [1.165, 1.54) is 9.75 Å². The lowest BCUT2D eigenvalue weighted by atomic mass is 10.2. The van der Waals surface area contributed by atoms with Crippen LogP contribution in [0.2, 0.25) is 0 Å². The molecule has 0 saturated heterocycles. The molecule has 0 saturated carbocycles. The molecule has 0 amide bonds. The standard InChI is InChI=1S/C16H21NOS/c1-4-15-10-11-16(19-15)12(3)17-13-6-8-14(9-7-13)18-5-2/h6-12,17H,4-5H2,1-3H3. The molecule has 1 N–H and O–H groups in total. The number of rotatable bonds is 6. The first-order chi connectivity index (χ1) is 9.22. The van der Waals surface area contributed by atoms with Crippen molar-refractivity contribution in [2.75, 3.05) is 11.9 Å². The summed E-state index contributed by atoms with van der Waals surface area (Å²) in [5.41, 5.74) is 1.13. The van der Waals surface area contributed by atoms with Crippen molar-refractivity contribution in [1.82, 2.24) is 0 Å². The van der Waals surface area contributed by atoms with Gasteiger partial charge in [0.1, 0.15) is 5.75 Å². The van der Waals surface area contributed by atoms with Gasteiger partial charge >= 0.3 is 0 Å². The molecule has 0 spiro atoms. The zero-order chi connectivity index (χ0) is 13.7. The fourth-order valence-electron chi connectivity index (χ4n) is 1.95. The van der Waals surface area contributed by atoms with Crippen molar-refractivity contribution in [3.8, 4) is 5.75 Å². The molecule has 1 aromatic carbocycles. The molecular formula is C16H21NOS. The van der Waals surface area contributed by atoms with E-state index in [1.54, 1.807) is 0 Å². The molecule has 0 bridgehead atoms. The quantitative estimate of drug-likeness (QED) is 0.811. The highest BCUT2D eigenvalue weighted by atomic mass is 32.1. The molecule has 2 rings (SSSR count). The van der Waals surface area contributed by atoms with Crippen molar-refractivity contribution in [2.24, 2.45) is 0 Å². The van der Waals surface area contributed by atoms with Crippen molar-refractivity contribution >= 4 is 17.0 Å². The minimum absolute atomic E-state index is 0.336. The van der Waals surface area contributed by atoms with Gasteiger partial charge in [0.2, 0.25) is 0 Å². The summed E-state index contributed by atoms with van der Waals surface area (Å²) < 4.78 is 5.44. The van der Waals surface area contributed by atoms with Gasteiger partial charge in [-0.15, -0.1) is 11.3 Å². The first-order valence-corrected chi connectivity index (χ1v) is 7.62. The van der Waals surface area contributed by atoms with Gasteiger partial charge in [-0.3, -0.25) is 0 Å². The number of thiophene rings is 1. The molecule has 0 radical (unpaired) electrons. The van der Waals surface area contributed by atoms with Gasteiger partial charge in [0.25, 0.3) is 0 Å². The number of ether oxygens (including phenoxy) is 1. The van der Waals surface area contributed by atoms with E-state index in [4.69, 9.17) is 4.74 Å². The van der Waals surface area contributed by atoms with Crippen LogP contribution < -0.4 is 10.1 Å². The fourth-order valence-corrected chi connectivity index (χ4v) is 2.91. The third-order valence-electron chi connectivity index (χ3n) is 3.01. The van der Waals surface area contributed by atoms with Gasteiger partial charge in [0, 0.05) is 15.4 Å². The molecule has 1 aromatic heterocycles. The monoisotopic (exact) mass is 275 g/mol. The fraction of sp³-hybridized carbons (Fsp3) is 0.375. The Labute approximate surface area is 119 Å². The highest BCUT2D eigenvalue weighted by Gasteiger charge is 2.08. The lowest BCUT2D eigenvalue weighted by Crippen LogP contribution is -2.04. The lowest BCUT2D eigenvalue weighted by molar-refractivity contribution is 0.340. The molecule has 0 fully saturated rings. The predicted molar refractivity (Wildman–Crippen MR) is 83.3 cm³/mol. The van der Waals surface area contributed by atoms with Crippen LogP contribution in [0.4, 0.5) is 5.69 Å². The Bertz CT molecular complexity index is 504. The van der Waals surface area contributed by atoms with Crippen LogP contribution >= 0.6 is 11.3 Å². The molecule has 1 unspecified atom stereocenters. The maximum Gasteiger partial charge on any atom is 0.119 e. The van der Waals surface area contributed by atoms with Gasteiger partial charge < -0.3 is 10.1 Å². The molecule has 1 atom stereocenters. The minimum Gasteiger partial charge on any atom is -0.494 e. The topological polar surface area (TPSA) is 21.3 Å². The highest BCUT2D eigenvalue weighted by molar-refractivity contribution is 7.12. The number of anilines is 1. The van der Waals surface area contributed by atoms with Crippen molar-refractivity contribution in [3.05, 3.63) is 46.2 Å². The summed E-state index contributed by atoms with van der Waals surface area (Å²) in [4.78, 5) is 2.82. The molecule has 0 aliphatic rings. The number of aryl methyl sites for hydroxylation is 1. The van der Waals surface area contributed by atoms with Gasteiger partial charge in [0.05, 0.1) is 12.6 Å². The van der Waals surface area contributed by atoms with Crippen LogP contribution in [0.25, 0.3) is 0 Å². The Kier molecular flexibility index (Phi) is 4.86. The molecule has 19 heavy (non-hydrogen) atoms. The van der Waals surface area contributed by atoms with Crippen LogP contribution in [-0.4, -0.2) is 6.61 Å². The third-order valence-corrected chi connectivity index (χ3v) is 4.42. The summed E-state index contributed by atoms with van der Waals surface area (Å²) in [6.45, 7) is 7.09. The summed E-state index contributed by atoms with van der Waals surface area (Å²) in [5, 5.41) is 3.52. The van der Waals surface area contributed by atoms with Crippen LogP contribution in [0, 0.1) is 0 Å². The smallest absolute Gasteiger partial charge is 0.119 e. The second-order valence-corrected chi connectivity index (χ2v) is 5.68. The molecule has 2 aromatic rings. The Hall–Kier alpha value is -1.48. The van der Waals surface area contributed by atoms with E-state index in [0.29, 0.717) is 12.6 Å². The molecule has 102 valence electrons. The number of nitrogens with one attached hydrogen (secondary N) is 1. The SMILES string of the molecule is CCOc1ccc(NC(C)c2ccc(CC)s2)cc1. The number of benzene rings is 1. The Balaban J connectivity index is 1.99. The molecular weight excluding hydrogens is 254 g/mol. The average Bonchev–Trinajstić information content (AvgIpc) is 2.90. The van der Waals surface area contributed by atoms with Crippen molar-refractivity contribution in [3.63, 3.8) is 0 Å². The average molecular weight is 275 g/mol. The Morgan fingerprint density at radius 3 is 2.42 bits per heavy atom. The molecule has 3 heteroatoms. The summed E-state index contributed by atoms with van der Waals surface area (Å²) in [7, 11) is 0. The summed E-state index contributed by atoms with van der Waals surface area (Å²) in [6, 6.07) is 12.9. The van der Waals surface area contributed by atoms with Crippen LogP contribution in [-0.2, 0) is 6.42 Å². The van der Waals surface area contributed by atoms with E-state index >= 15 is 0 Å². The van der Waals surface area contributed by atoms with Crippen LogP contribution in [0.1, 0.15) is 36.6 Å². The van der Waals surface area contributed by atoms with Gasteiger partial charge in [0.15, 0.2) is 0 Å². The maximum absolute atomic E-state index is 5.44. The van der Waals surface area contributed by atoms with E-state index < -0.39 is 0 Å². The predicted octanol–water partition coefficient (Wildman–Crippen LogP) is 4.88. The molecule has 1 heterocycles. The number of hydrogen-bond acceptors (Lipinski definition) is 3. The van der Waals surface area contributed by atoms with Crippen molar-refractivity contribution in [1.29, 1.82) is 0 Å². The first-order valence-electron chi connectivity index (χ1n) is 6.81. The summed E-state index contributed by atoms with van der Waals surface area (Å²) in [6.07, 6.45) is 1.11. The van der Waals surface area contributed by atoms with Gasteiger partial charge in [-0.25, -0.2) is 0 Å². The van der Waals surface area contributed by atoms with Gasteiger partial charge in [-0.05, 0) is 56.7 Å². The van der Waals surface area contributed by atoms with Crippen LogP contribution in [0.5, 0.6) is 5.75 Å². The highest BCUT2D eigenvalue weighted by Crippen LogP contribution is 2.27. The van der Waals surface area contributed by atoms with Crippen LogP contribution in [0.3, 0.4) is 0 Å². The Morgan fingerprint density at radius 2 is 1.84 bits per heavy atom. The zero-order valence-electron chi connectivity index (χ0n) is 11.8. The normalized spacial score (nSPS) is 12.2. The van der Waals surface area contributed by atoms with Gasteiger partial charge in [-0.2, -0.15) is 0 Å². The molecule has 2 nitrogen and oxygen atoms in total. The summed E-state index contributed by atoms with van der Waals surface area (Å²) in [5.74, 6) is 0.921. The second-order valence-electron chi connectivity index (χ2n) is 4.48. The maximum atomic E-state index is 5.44. The largest absolute Gasteiger partial charge is 0.494 e. The molecule has 0 aliphatic heterocycles. The number of hydrogen-bond donors (Lipinski definition) is 1. The second kappa shape index (κ2) is 6.62. The van der Waals surface area contributed by atoms with E-state index in [1.807, 2.05) is 30.4 Å².